The monoisotopic (exact) mass is 351 g/mol. The van der Waals surface area contributed by atoms with Crippen LogP contribution in [0.25, 0.3) is 0 Å². The lowest BCUT2D eigenvalue weighted by Crippen LogP contribution is -2.50. The van der Waals surface area contributed by atoms with Gasteiger partial charge in [-0.3, -0.25) is 4.90 Å². The molecule has 0 saturated carbocycles. The summed E-state index contributed by atoms with van der Waals surface area (Å²) in [5.74, 6) is 0. The summed E-state index contributed by atoms with van der Waals surface area (Å²) in [6.07, 6.45) is 2.28. The lowest BCUT2D eigenvalue weighted by Gasteiger charge is -2.35. The minimum absolute atomic E-state index is 0.0198. The molecular weight excluding hydrogens is 322 g/mol. The topological polar surface area (TPSA) is 35.6 Å². The summed E-state index contributed by atoms with van der Waals surface area (Å²) in [5.41, 5.74) is 4.57. The fourth-order valence-electron chi connectivity index (χ4n) is 3.52. The molecule has 138 valence electrons. The van der Waals surface area contributed by atoms with Crippen molar-refractivity contribution in [2.24, 2.45) is 0 Å². The highest BCUT2D eigenvalue weighted by atomic mass is 16.2. The molecular formula is C22H29N3O. The van der Waals surface area contributed by atoms with Gasteiger partial charge in [-0.25, -0.2) is 4.79 Å². The predicted molar refractivity (Wildman–Crippen MR) is 108 cm³/mol. The molecule has 1 heterocycles. The Bertz CT molecular complexity index is 701. The number of para-hydroxylation sites is 1. The van der Waals surface area contributed by atoms with Crippen LogP contribution in [0.15, 0.2) is 48.5 Å². The summed E-state index contributed by atoms with van der Waals surface area (Å²) < 4.78 is 0. The van der Waals surface area contributed by atoms with Crippen molar-refractivity contribution in [3.8, 4) is 0 Å². The van der Waals surface area contributed by atoms with Gasteiger partial charge in [-0.05, 0) is 49.9 Å². The number of amides is 2. The van der Waals surface area contributed by atoms with E-state index in [1.165, 1.54) is 12.0 Å². The van der Waals surface area contributed by atoms with E-state index in [0.717, 1.165) is 56.0 Å². The quantitative estimate of drug-likeness (QED) is 0.881. The van der Waals surface area contributed by atoms with Crippen molar-refractivity contribution < 1.29 is 4.79 Å². The van der Waals surface area contributed by atoms with Crippen molar-refractivity contribution in [1.82, 2.24) is 9.80 Å². The van der Waals surface area contributed by atoms with Crippen molar-refractivity contribution in [2.45, 2.75) is 26.7 Å². The van der Waals surface area contributed by atoms with E-state index in [0.29, 0.717) is 0 Å². The molecule has 1 fully saturated rings. The Morgan fingerprint density at radius 1 is 0.923 bits per heavy atom. The molecule has 0 aliphatic carbocycles. The summed E-state index contributed by atoms with van der Waals surface area (Å²) in [4.78, 5) is 17.0. The van der Waals surface area contributed by atoms with Crippen molar-refractivity contribution in [2.75, 3.05) is 38.0 Å². The number of aryl methyl sites for hydroxylation is 3. The van der Waals surface area contributed by atoms with Gasteiger partial charge in [0.15, 0.2) is 0 Å². The van der Waals surface area contributed by atoms with Gasteiger partial charge in [0.25, 0.3) is 0 Å². The zero-order valence-electron chi connectivity index (χ0n) is 15.9. The number of nitrogens with zero attached hydrogens (tertiary/aromatic N) is 2. The number of carbonyl (C=O) groups excluding carboxylic acids is 1. The fraction of sp³-hybridized carbons (Fsp3) is 0.409. The number of anilines is 1. The van der Waals surface area contributed by atoms with E-state index >= 15 is 0 Å². The molecule has 0 aromatic heterocycles. The highest BCUT2D eigenvalue weighted by molar-refractivity contribution is 5.91. The Kier molecular flexibility index (Phi) is 6.29. The first-order chi connectivity index (χ1) is 12.6. The van der Waals surface area contributed by atoms with Gasteiger partial charge in [-0.1, -0.05) is 48.5 Å². The Morgan fingerprint density at radius 2 is 1.58 bits per heavy atom. The van der Waals surface area contributed by atoms with Gasteiger partial charge in [0.05, 0.1) is 0 Å². The molecule has 0 bridgehead atoms. The van der Waals surface area contributed by atoms with Crippen LogP contribution in [0.2, 0.25) is 0 Å². The zero-order chi connectivity index (χ0) is 18.4. The van der Waals surface area contributed by atoms with Gasteiger partial charge in [-0.15, -0.1) is 0 Å². The molecule has 4 nitrogen and oxygen atoms in total. The summed E-state index contributed by atoms with van der Waals surface area (Å²) in [6.45, 7) is 8.66. The molecule has 26 heavy (non-hydrogen) atoms. The molecule has 1 aliphatic heterocycles. The van der Waals surface area contributed by atoms with Gasteiger partial charge in [0.1, 0.15) is 0 Å². The molecule has 2 amide bonds. The van der Waals surface area contributed by atoms with E-state index in [-0.39, 0.29) is 6.03 Å². The third-order valence-corrected chi connectivity index (χ3v) is 5.16. The first-order valence-corrected chi connectivity index (χ1v) is 9.52. The zero-order valence-corrected chi connectivity index (χ0v) is 15.9. The van der Waals surface area contributed by atoms with Crippen molar-refractivity contribution in [3.63, 3.8) is 0 Å². The van der Waals surface area contributed by atoms with Gasteiger partial charge >= 0.3 is 6.03 Å². The third-order valence-electron chi connectivity index (χ3n) is 5.16. The molecule has 4 heteroatoms. The standard InChI is InChI=1S/C22H29N3O/c1-18-8-6-9-19(2)21(18)23-22(26)25-16-14-24(15-17-25)13-7-12-20-10-4-3-5-11-20/h3-6,8-11H,7,12-17H2,1-2H3,(H,23,26). The Labute approximate surface area is 156 Å². The van der Waals surface area contributed by atoms with E-state index in [2.05, 4.69) is 40.5 Å². The maximum Gasteiger partial charge on any atom is 0.321 e. The number of rotatable bonds is 5. The molecule has 0 unspecified atom stereocenters. The maximum absolute atomic E-state index is 12.6. The second-order valence-electron chi connectivity index (χ2n) is 7.11. The smallest absolute Gasteiger partial charge is 0.321 e. The molecule has 1 N–H and O–H groups in total. The van der Waals surface area contributed by atoms with E-state index in [4.69, 9.17) is 0 Å². The highest BCUT2D eigenvalue weighted by Crippen LogP contribution is 2.20. The van der Waals surface area contributed by atoms with Gasteiger partial charge in [-0.2, -0.15) is 0 Å². The molecule has 2 aromatic rings. The molecule has 2 aromatic carbocycles. The Hall–Kier alpha value is -2.33. The molecule has 3 rings (SSSR count). The minimum atomic E-state index is 0.0198. The van der Waals surface area contributed by atoms with Crippen LogP contribution < -0.4 is 5.32 Å². The van der Waals surface area contributed by atoms with Crippen LogP contribution >= 0.6 is 0 Å². The fourth-order valence-corrected chi connectivity index (χ4v) is 3.52. The van der Waals surface area contributed by atoms with Crippen molar-refractivity contribution >= 4 is 11.7 Å². The number of urea groups is 1. The predicted octanol–water partition coefficient (Wildman–Crippen LogP) is 4.09. The summed E-state index contributed by atoms with van der Waals surface area (Å²) in [6, 6.07) is 16.8. The number of piperazine rings is 1. The summed E-state index contributed by atoms with van der Waals surface area (Å²) in [5, 5.41) is 3.10. The Morgan fingerprint density at radius 3 is 2.23 bits per heavy atom. The average Bonchev–Trinajstić information content (AvgIpc) is 2.66. The van der Waals surface area contributed by atoms with Crippen molar-refractivity contribution in [3.05, 3.63) is 65.2 Å². The van der Waals surface area contributed by atoms with Gasteiger partial charge < -0.3 is 10.2 Å². The number of hydrogen-bond acceptors (Lipinski definition) is 2. The van der Waals surface area contributed by atoms with Crippen LogP contribution in [-0.4, -0.2) is 48.6 Å². The first kappa shape index (κ1) is 18.5. The number of hydrogen-bond donors (Lipinski definition) is 1. The van der Waals surface area contributed by atoms with Crippen molar-refractivity contribution in [1.29, 1.82) is 0 Å². The highest BCUT2D eigenvalue weighted by Gasteiger charge is 2.21. The Balaban J connectivity index is 1.42. The van der Waals surface area contributed by atoms with E-state index in [9.17, 15) is 4.79 Å². The van der Waals surface area contributed by atoms with Crippen LogP contribution in [0.5, 0.6) is 0 Å². The van der Waals surface area contributed by atoms with Crippen LogP contribution in [0.3, 0.4) is 0 Å². The van der Waals surface area contributed by atoms with Gasteiger partial charge in [0, 0.05) is 31.9 Å². The van der Waals surface area contributed by atoms with Crippen LogP contribution in [0.1, 0.15) is 23.1 Å². The van der Waals surface area contributed by atoms with E-state index in [1.54, 1.807) is 0 Å². The SMILES string of the molecule is Cc1cccc(C)c1NC(=O)N1CCN(CCCc2ccccc2)CC1. The minimum Gasteiger partial charge on any atom is -0.322 e. The number of benzene rings is 2. The summed E-state index contributed by atoms with van der Waals surface area (Å²) >= 11 is 0. The lowest BCUT2D eigenvalue weighted by atomic mass is 10.1. The van der Waals surface area contributed by atoms with E-state index < -0.39 is 0 Å². The average molecular weight is 351 g/mol. The summed E-state index contributed by atoms with van der Waals surface area (Å²) in [7, 11) is 0. The normalized spacial score (nSPS) is 15.1. The molecule has 1 saturated heterocycles. The van der Waals surface area contributed by atoms with Gasteiger partial charge in [0.2, 0.25) is 0 Å². The second-order valence-corrected chi connectivity index (χ2v) is 7.11. The molecule has 0 radical (unpaired) electrons. The van der Waals surface area contributed by atoms with Crippen LogP contribution in [0.4, 0.5) is 10.5 Å². The van der Waals surface area contributed by atoms with Crippen LogP contribution in [-0.2, 0) is 6.42 Å². The second kappa shape index (κ2) is 8.86. The first-order valence-electron chi connectivity index (χ1n) is 9.52. The maximum atomic E-state index is 12.6. The number of nitrogens with one attached hydrogen (secondary N) is 1. The molecule has 0 atom stereocenters. The van der Waals surface area contributed by atoms with E-state index in [1.807, 2.05) is 36.9 Å². The molecule has 0 spiro atoms. The largest absolute Gasteiger partial charge is 0.322 e. The van der Waals surface area contributed by atoms with Crippen LogP contribution in [0, 0.1) is 13.8 Å². The lowest BCUT2D eigenvalue weighted by molar-refractivity contribution is 0.146. The number of carbonyl (C=O) groups is 1. The molecule has 1 aliphatic rings. The third kappa shape index (κ3) is 4.85.